The van der Waals surface area contributed by atoms with Gasteiger partial charge in [0.05, 0.1) is 21.3 Å². The molecule has 0 amide bonds. The molecule has 196 valence electrons. The van der Waals surface area contributed by atoms with Gasteiger partial charge in [-0.05, 0) is 83.0 Å². The summed E-state index contributed by atoms with van der Waals surface area (Å²) in [7, 11) is -5.53. The predicted molar refractivity (Wildman–Crippen MR) is 139 cm³/mol. The molecule has 3 rings (SSSR count). The molecule has 3 aromatic carbocycles. The molecular formula is C25H21F2IO8S. The minimum Gasteiger partial charge on any atom is -0.462 e. The Balaban J connectivity index is 1.81. The quantitative estimate of drug-likeness (QED) is 0.0755. The Morgan fingerprint density at radius 1 is 1.03 bits per heavy atom. The van der Waals surface area contributed by atoms with Crippen molar-refractivity contribution in [1.29, 1.82) is 0 Å². The molecule has 0 bridgehead atoms. The Bertz CT molecular complexity index is 1450. The first-order valence-electron chi connectivity index (χ1n) is 10.9. The van der Waals surface area contributed by atoms with E-state index in [-0.39, 0.29) is 36.3 Å². The molecule has 12 heteroatoms. The monoisotopic (exact) mass is 646 g/mol. The third-order valence-electron chi connectivity index (χ3n) is 5.38. The highest BCUT2D eigenvalue weighted by molar-refractivity contribution is 14.1. The number of fused-ring (bicyclic) bond motifs is 1. The van der Waals surface area contributed by atoms with Gasteiger partial charge in [0.1, 0.15) is 12.0 Å². The van der Waals surface area contributed by atoms with Gasteiger partial charge in [0.25, 0.3) is 0 Å². The highest BCUT2D eigenvalue weighted by atomic mass is 127. The van der Waals surface area contributed by atoms with Crippen LogP contribution in [0.4, 0.5) is 8.78 Å². The number of carbonyl (C=O) groups is 3. The lowest BCUT2D eigenvalue weighted by molar-refractivity contribution is 0.0457. The van der Waals surface area contributed by atoms with Gasteiger partial charge in [-0.3, -0.25) is 9.35 Å². The second-order valence-electron chi connectivity index (χ2n) is 8.11. The standard InChI is InChI=1S/C25H21F2IO8S/c1-15-10-16(14-29)11-21(28)22(15)36-24(31)20-13-18-7-3-2-6-17(18)12-19(20)23(30)35-9-5-4-8-25(26,27)37(32,33)34/h2-3,6-7,10-14H,4-5,8-9H2,1H3,(H,32,33,34). The number of hydrogen-bond acceptors (Lipinski definition) is 7. The average Bonchev–Trinajstić information content (AvgIpc) is 2.84. The second-order valence-corrected chi connectivity index (χ2v) is 10.8. The largest absolute Gasteiger partial charge is 0.462 e. The van der Waals surface area contributed by atoms with E-state index in [2.05, 4.69) is 0 Å². The Labute approximate surface area is 224 Å². The lowest BCUT2D eigenvalue weighted by Crippen LogP contribution is -2.28. The zero-order chi connectivity index (χ0) is 27.4. The first-order chi connectivity index (χ1) is 17.3. The van der Waals surface area contributed by atoms with Gasteiger partial charge >= 0.3 is 27.3 Å². The summed E-state index contributed by atoms with van der Waals surface area (Å²) in [6.07, 6.45) is -0.925. The smallest absolute Gasteiger partial charge is 0.370 e. The number of ether oxygens (including phenoxy) is 2. The van der Waals surface area contributed by atoms with Gasteiger partial charge in [0.15, 0.2) is 0 Å². The van der Waals surface area contributed by atoms with Gasteiger partial charge in [0.2, 0.25) is 0 Å². The summed E-state index contributed by atoms with van der Waals surface area (Å²) >= 11 is 1.93. The normalized spacial score (nSPS) is 11.8. The minimum absolute atomic E-state index is 0.0868. The number of aldehydes is 1. The number of esters is 2. The zero-order valence-corrected chi connectivity index (χ0v) is 22.3. The molecule has 0 saturated carbocycles. The molecule has 1 N–H and O–H groups in total. The van der Waals surface area contributed by atoms with Gasteiger partial charge in [-0.1, -0.05) is 24.3 Å². The zero-order valence-electron chi connectivity index (χ0n) is 19.4. The maximum Gasteiger partial charge on any atom is 0.370 e. The Morgan fingerprint density at radius 2 is 1.62 bits per heavy atom. The fourth-order valence-electron chi connectivity index (χ4n) is 3.48. The van der Waals surface area contributed by atoms with Crippen LogP contribution in [-0.4, -0.2) is 43.1 Å². The van der Waals surface area contributed by atoms with Gasteiger partial charge in [-0.15, -0.1) is 0 Å². The molecule has 0 spiro atoms. The summed E-state index contributed by atoms with van der Waals surface area (Å²) in [6, 6.07) is 13.0. The SMILES string of the molecule is Cc1cc(C=O)cc(I)c1OC(=O)c1cc2ccccc2cc1C(=O)OCCCCC(F)(F)S(=O)(=O)O. The summed E-state index contributed by atoms with van der Waals surface area (Å²) in [5.74, 6) is -1.52. The van der Waals surface area contributed by atoms with Crippen molar-refractivity contribution in [3.63, 3.8) is 0 Å². The molecule has 3 aromatic rings. The molecule has 8 nitrogen and oxygen atoms in total. The lowest BCUT2D eigenvalue weighted by atomic mass is 10.0. The number of carbonyl (C=O) groups excluding carboxylic acids is 3. The van der Waals surface area contributed by atoms with Crippen LogP contribution in [0.3, 0.4) is 0 Å². The highest BCUT2D eigenvalue weighted by Gasteiger charge is 2.43. The Hall–Kier alpha value is -2.97. The van der Waals surface area contributed by atoms with Crippen LogP contribution >= 0.6 is 22.6 Å². The number of hydrogen-bond donors (Lipinski definition) is 1. The van der Waals surface area contributed by atoms with Gasteiger partial charge in [-0.25, -0.2) is 9.59 Å². The van der Waals surface area contributed by atoms with E-state index < -0.39 is 33.7 Å². The molecule has 0 unspecified atom stereocenters. The molecule has 0 heterocycles. The summed E-state index contributed by atoms with van der Waals surface area (Å²) in [5, 5.41) is -3.01. The minimum atomic E-state index is -5.53. The van der Waals surface area contributed by atoms with E-state index in [0.29, 0.717) is 31.8 Å². The number of rotatable bonds is 10. The van der Waals surface area contributed by atoms with E-state index in [9.17, 15) is 31.6 Å². The molecule has 0 aliphatic rings. The third kappa shape index (κ3) is 6.87. The van der Waals surface area contributed by atoms with Crippen LogP contribution < -0.4 is 4.74 Å². The fraction of sp³-hybridized carbons (Fsp3) is 0.240. The lowest BCUT2D eigenvalue weighted by Gasteiger charge is -2.14. The number of unbranched alkanes of at least 4 members (excludes halogenated alkanes) is 1. The van der Waals surface area contributed by atoms with Gasteiger partial charge in [0, 0.05) is 12.0 Å². The molecule has 37 heavy (non-hydrogen) atoms. The molecule has 0 radical (unpaired) electrons. The van der Waals surface area contributed by atoms with Crippen LogP contribution in [0.25, 0.3) is 10.8 Å². The average molecular weight is 646 g/mol. The van der Waals surface area contributed by atoms with Crippen LogP contribution in [-0.2, 0) is 14.9 Å². The second kappa shape index (κ2) is 11.6. The molecule has 0 atom stereocenters. The summed E-state index contributed by atoms with van der Waals surface area (Å²) < 4.78 is 67.8. The maximum atomic E-state index is 13.3. The van der Waals surface area contributed by atoms with E-state index in [4.69, 9.17) is 14.0 Å². The van der Waals surface area contributed by atoms with E-state index in [1.165, 1.54) is 12.1 Å². The molecular weight excluding hydrogens is 625 g/mol. The van der Waals surface area contributed by atoms with E-state index >= 15 is 0 Å². The predicted octanol–water partition coefficient (Wildman–Crippen LogP) is 5.59. The van der Waals surface area contributed by atoms with Crippen LogP contribution in [0.1, 0.15) is 55.9 Å². The van der Waals surface area contributed by atoms with Crippen molar-refractivity contribution in [3.8, 4) is 5.75 Å². The third-order valence-corrected chi connectivity index (χ3v) is 7.14. The number of aryl methyl sites for hydroxylation is 1. The summed E-state index contributed by atoms with van der Waals surface area (Å²) in [4.78, 5) is 37.1. The van der Waals surface area contributed by atoms with Crippen molar-refractivity contribution in [2.24, 2.45) is 0 Å². The van der Waals surface area contributed by atoms with Crippen LogP contribution in [0.15, 0.2) is 48.5 Å². The highest BCUT2D eigenvalue weighted by Crippen LogP contribution is 2.30. The maximum absolute atomic E-state index is 13.3. The number of benzene rings is 3. The van der Waals surface area contributed by atoms with Crippen molar-refractivity contribution in [2.45, 2.75) is 31.4 Å². The topological polar surface area (TPSA) is 124 Å². The molecule has 0 aliphatic carbocycles. The molecule has 0 saturated heterocycles. The van der Waals surface area contributed by atoms with Crippen molar-refractivity contribution in [3.05, 3.63) is 74.4 Å². The molecule has 0 aromatic heterocycles. The van der Waals surface area contributed by atoms with Gasteiger partial charge < -0.3 is 9.47 Å². The first kappa shape index (κ1) is 28.6. The van der Waals surface area contributed by atoms with E-state index in [1.54, 1.807) is 43.3 Å². The number of halogens is 3. The van der Waals surface area contributed by atoms with Crippen molar-refractivity contribution in [2.75, 3.05) is 6.61 Å². The molecule has 0 aliphatic heterocycles. The van der Waals surface area contributed by atoms with Crippen LogP contribution in [0.2, 0.25) is 0 Å². The van der Waals surface area contributed by atoms with Crippen molar-refractivity contribution < 1.29 is 45.6 Å². The van der Waals surface area contributed by atoms with E-state index in [1.807, 2.05) is 22.6 Å². The van der Waals surface area contributed by atoms with Crippen molar-refractivity contribution >= 4 is 61.7 Å². The Morgan fingerprint density at radius 3 is 2.16 bits per heavy atom. The van der Waals surface area contributed by atoms with E-state index in [0.717, 1.165) is 0 Å². The van der Waals surface area contributed by atoms with Crippen LogP contribution in [0.5, 0.6) is 5.75 Å². The molecule has 0 fully saturated rings. The summed E-state index contributed by atoms with van der Waals surface area (Å²) in [5.41, 5.74) is 0.750. The first-order valence-corrected chi connectivity index (χ1v) is 13.4. The summed E-state index contributed by atoms with van der Waals surface area (Å²) in [6.45, 7) is 1.34. The van der Waals surface area contributed by atoms with Crippen LogP contribution in [0, 0.1) is 10.5 Å². The van der Waals surface area contributed by atoms with Gasteiger partial charge in [-0.2, -0.15) is 17.2 Å². The fourth-order valence-corrected chi connectivity index (χ4v) is 4.78. The Kier molecular flexibility index (Phi) is 8.97. The van der Waals surface area contributed by atoms with Crippen molar-refractivity contribution in [1.82, 2.24) is 0 Å². The number of alkyl halides is 2.